The maximum Gasteiger partial charge on any atom is 0.302 e. The zero-order valence-corrected chi connectivity index (χ0v) is 25.7. The fraction of sp³-hybridized carbons (Fsp3) is 0.882. The summed E-state index contributed by atoms with van der Waals surface area (Å²) in [6.45, 7) is 20.4. The highest BCUT2D eigenvalue weighted by atomic mass is 16.5. The average molecular weight is 527 g/mol. The lowest BCUT2D eigenvalue weighted by atomic mass is 9.39. The Morgan fingerprint density at radius 1 is 0.684 bits per heavy atom. The Morgan fingerprint density at radius 2 is 1.24 bits per heavy atom. The third-order valence-electron chi connectivity index (χ3n) is 13.5. The molecular formula is C34H54O4. The molecule has 9 atom stereocenters. The number of hydrogen-bond donors (Lipinski definition) is 0. The summed E-state index contributed by atoms with van der Waals surface area (Å²) in [5, 5.41) is 0. The zero-order valence-electron chi connectivity index (χ0n) is 25.7. The molecule has 0 N–H and O–H groups in total. The fourth-order valence-electron chi connectivity index (χ4n) is 11.8. The first kappa shape index (κ1) is 28.2. The van der Waals surface area contributed by atoms with Crippen molar-refractivity contribution in [3.63, 3.8) is 0 Å². The Labute approximate surface area is 232 Å². The zero-order chi connectivity index (χ0) is 27.9. The quantitative estimate of drug-likeness (QED) is 0.268. The van der Waals surface area contributed by atoms with Crippen molar-refractivity contribution in [2.24, 2.45) is 50.7 Å². The maximum absolute atomic E-state index is 11.9. The van der Waals surface area contributed by atoms with E-state index in [1.807, 2.05) is 0 Å². The molecule has 0 heterocycles. The van der Waals surface area contributed by atoms with Gasteiger partial charge >= 0.3 is 11.9 Å². The summed E-state index contributed by atoms with van der Waals surface area (Å²) in [6.07, 6.45) is 14.5. The van der Waals surface area contributed by atoms with E-state index >= 15 is 0 Å². The number of allylic oxidation sites excluding steroid dienone is 2. The van der Waals surface area contributed by atoms with E-state index in [2.05, 4.69) is 54.5 Å². The third kappa shape index (κ3) is 3.96. The molecule has 0 aromatic rings. The van der Waals surface area contributed by atoms with Gasteiger partial charge in [-0.3, -0.25) is 9.59 Å². The molecule has 0 bridgehead atoms. The van der Waals surface area contributed by atoms with Crippen LogP contribution >= 0.6 is 0 Å². The van der Waals surface area contributed by atoms with Crippen LogP contribution in [0.25, 0.3) is 0 Å². The number of hydrogen-bond acceptors (Lipinski definition) is 4. The Morgan fingerprint density at radius 3 is 1.82 bits per heavy atom. The lowest BCUT2D eigenvalue weighted by molar-refractivity contribution is -0.190. The molecule has 5 aliphatic rings. The van der Waals surface area contributed by atoms with Gasteiger partial charge in [0.1, 0.15) is 12.2 Å². The van der Waals surface area contributed by atoms with Crippen molar-refractivity contribution < 1.29 is 19.1 Å². The minimum Gasteiger partial charge on any atom is -0.462 e. The van der Waals surface area contributed by atoms with Gasteiger partial charge in [0.05, 0.1) is 0 Å². The standard InChI is InChI=1S/C34H54O4/c1-21(35)37-28-16-19-32(7)23-11-10-12-27-33(8,24(23)13-14-25(32)30(28,3)4)18-15-26-31(5,6)29(38-22(2)36)17-20-34(26,27)9/h13,23,25-29H,10-12,14-20H2,1-9H3/t23-,25-,26-,27-,28-,29-,32-,33-,34-/m0/s1. The fourth-order valence-corrected chi connectivity index (χ4v) is 11.8. The van der Waals surface area contributed by atoms with Crippen LogP contribution in [0.2, 0.25) is 0 Å². The molecule has 0 unspecified atom stereocenters. The Hall–Kier alpha value is -1.32. The minimum atomic E-state index is -0.139. The van der Waals surface area contributed by atoms with Crippen molar-refractivity contribution in [2.45, 2.75) is 139 Å². The van der Waals surface area contributed by atoms with Gasteiger partial charge in [-0.2, -0.15) is 0 Å². The number of ether oxygens (including phenoxy) is 2. The van der Waals surface area contributed by atoms with Crippen molar-refractivity contribution >= 4 is 11.9 Å². The van der Waals surface area contributed by atoms with E-state index in [4.69, 9.17) is 9.47 Å². The van der Waals surface area contributed by atoms with Crippen LogP contribution < -0.4 is 0 Å². The third-order valence-corrected chi connectivity index (χ3v) is 13.5. The van der Waals surface area contributed by atoms with Gasteiger partial charge in [0.15, 0.2) is 0 Å². The second-order valence-corrected chi connectivity index (χ2v) is 15.9. The van der Waals surface area contributed by atoms with Crippen molar-refractivity contribution in [1.82, 2.24) is 0 Å². The highest BCUT2D eigenvalue weighted by molar-refractivity contribution is 5.66. The summed E-state index contributed by atoms with van der Waals surface area (Å²) in [6, 6.07) is 0. The summed E-state index contributed by atoms with van der Waals surface area (Å²) in [4.78, 5) is 23.8. The van der Waals surface area contributed by atoms with Crippen LogP contribution in [-0.2, 0) is 19.1 Å². The highest BCUT2D eigenvalue weighted by Gasteiger charge is 2.65. The van der Waals surface area contributed by atoms with Crippen LogP contribution in [0.3, 0.4) is 0 Å². The lowest BCUT2D eigenvalue weighted by Crippen LogP contribution is -2.60. The molecule has 0 spiro atoms. The average Bonchev–Trinajstić information content (AvgIpc) is 2.95. The van der Waals surface area contributed by atoms with Gasteiger partial charge in [-0.05, 0) is 97.7 Å². The van der Waals surface area contributed by atoms with Crippen LogP contribution in [-0.4, -0.2) is 24.1 Å². The molecular weight excluding hydrogens is 472 g/mol. The van der Waals surface area contributed by atoms with Gasteiger partial charge in [-0.1, -0.05) is 66.5 Å². The van der Waals surface area contributed by atoms with Crippen molar-refractivity contribution in [3.05, 3.63) is 11.6 Å². The molecule has 4 heteroatoms. The predicted molar refractivity (Wildman–Crippen MR) is 151 cm³/mol. The summed E-state index contributed by atoms with van der Waals surface area (Å²) >= 11 is 0. The second-order valence-electron chi connectivity index (χ2n) is 15.9. The van der Waals surface area contributed by atoms with Gasteiger partial charge in [0.2, 0.25) is 0 Å². The van der Waals surface area contributed by atoms with Crippen molar-refractivity contribution in [2.75, 3.05) is 0 Å². The molecule has 4 saturated carbocycles. The molecule has 0 radical (unpaired) electrons. The van der Waals surface area contributed by atoms with Gasteiger partial charge < -0.3 is 9.47 Å². The van der Waals surface area contributed by atoms with E-state index in [9.17, 15) is 9.59 Å². The first-order valence-electron chi connectivity index (χ1n) is 15.6. The van der Waals surface area contributed by atoms with Crippen molar-refractivity contribution in [3.8, 4) is 0 Å². The number of carbonyl (C=O) groups excluding carboxylic acids is 2. The van der Waals surface area contributed by atoms with Crippen LogP contribution in [0.1, 0.15) is 127 Å². The normalized spacial score (nSPS) is 47.1. The van der Waals surface area contributed by atoms with Gasteiger partial charge in [-0.15, -0.1) is 0 Å². The van der Waals surface area contributed by atoms with Gasteiger partial charge in [0.25, 0.3) is 0 Å². The van der Waals surface area contributed by atoms with Gasteiger partial charge in [0, 0.05) is 24.7 Å². The molecule has 0 amide bonds. The second kappa shape index (κ2) is 9.10. The van der Waals surface area contributed by atoms with Crippen LogP contribution in [0.15, 0.2) is 11.6 Å². The van der Waals surface area contributed by atoms with E-state index in [0.29, 0.717) is 23.7 Å². The van der Waals surface area contributed by atoms with E-state index in [1.54, 1.807) is 19.4 Å². The summed E-state index contributed by atoms with van der Waals surface area (Å²) in [7, 11) is 0. The molecule has 214 valence electrons. The minimum absolute atomic E-state index is 0.00282. The summed E-state index contributed by atoms with van der Waals surface area (Å²) in [5.41, 5.74) is 2.53. The van der Waals surface area contributed by atoms with Crippen LogP contribution in [0, 0.1) is 50.7 Å². The molecule has 0 aromatic heterocycles. The monoisotopic (exact) mass is 526 g/mol. The molecule has 4 fully saturated rings. The Balaban J connectivity index is 1.49. The summed E-state index contributed by atoms with van der Waals surface area (Å²) in [5.74, 6) is 2.14. The number of carbonyl (C=O) groups is 2. The number of esters is 2. The molecule has 5 aliphatic carbocycles. The van der Waals surface area contributed by atoms with E-state index in [1.165, 1.54) is 32.1 Å². The molecule has 38 heavy (non-hydrogen) atoms. The van der Waals surface area contributed by atoms with E-state index in [-0.39, 0.29) is 51.2 Å². The predicted octanol–water partition coefficient (Wildman–Crippen LogP) is 8.28. The first-order chi connectivity index (χ1) is 17.6. The molecule has 0 aliphatic heterocycles. The first-order valence-corrected chi connectivity index (χ1v) is 15.6. The Kier molecular flexibility index (Phi) is 6.76. The number of rotatable bonds is 2. The van der Waals surface area contributed by atoms with E-state index in [0.717, 1.165) is 32.1 Å². The number of fused-ring (bicyclic) bond motifs is 7. The maximum atomic E-state index is 11.9. The smallest absolute Gasteiger partial charge is 0.302 e. The largest absolute Gasteiger partial charge is 0.462 e. The SMILES string of the molecule is CC(=O)O[C@H]1CC[C@@]2(C)[C@H]3CCC[C@@H]4[C@@]5(C)CC[C@H](OC(C)=O)C(C)(C)[C@@H]5CC[C@@]4(C)C3=CC[C@H]2C1(C)C. The highest BCUT2D eigenvalue weighted by Crippen LogP contribution is 2.72. The molecule has 5 rings (SSSR count). The molecule has 0 aromatic carbocycles. The molecule has 4 nitrogen and oxygen atoms in total. The van der Waals surface area contributed by atoms with Crippen molar-refractivity contribution in [1.29, 1.82) is 0 Å². The van der Waals surface area contributed by atoms with E-state index < -0.39 is 0 Å². The van der Waals surface area contributed by atoms with Crippen LogP contribution in [0.5, 0.6) is 0 Å². The lowest BCUT2D eigenvalue weighted by Gasteiger charge is -2.66. The Bertz CT molecular complexity index is 1010. The molecule has 0 saturated heterocycles. The van der Waals surface area contributed by atoms with Crippen LogP contribution in [0.4, 0.5) is 0 Å². The van der Waals surface area contributed by atoms with Gasteiger partial charge in [-0.25, -0.2) is 0 Å². The topological polar surface area (TPSA) is 52.6 Å². The summed E-state index contributed by atoms with van der Waals surface area (Å²) < 4.78 is 11.8.